The summed E-state index contributed by atoms with van der Waals surface area (Å²) in [5.41, 5.74) is 3.30. The quantitative estimate of drug-likeness (QED) is 0.214. The Labute approximate surface area is 236 Å². The van der Waals surface area contributed by atoms with Gasteiger partial charge >= 0.3 is 5.97 Å². The number of fused-ring (bicyclic) bond motifs is 1. The highest BCUT2D eigenvalue weighted by Gasteiger charge is 2.29. The summed E-state index contributed by atoms with van der Waals surface area (Å²) in [7, 11) is 1.43. The normalized spacial score (nSPS) is 17.3. The molecule has 1 saturated heterocycles. The minimum Gasteiger partial charge on any atom is -0.469 e. The first-order valence-corrected chi connectivity index (χ1v) is 14.4. The molecule has 0 spiro atoms. The fraction of sp³-hybridized carbons (Fsp3) is 0.355. The molecule has 0 N–H and O–H groups in total. The van der Waals surface area contributed by atoms with E-state index in [2.05, 4.69) is 20.9 Å². The zero-order chi connectivity index (χ0) is 27.6. The topological polar surface area (TPSA) is 81.6 Å². The molecule has 1 unspecified atom stereocenters. The molecule has 206 valence electrons. The minimum absolute atomic E-state index is 0.0627. The lowest BCUT2D eigenvalue weighted by Gasteiger charge is -2.15. The van der Waals surface area contributed by atoms with Crippen molar-refractivity contribution < 1.29 is 23.5 Å². The van der Waals surface area contributed by atoms with Gasteiger partial charge in [-0.15, -0.1) is 11.3 Å². The van der Waals surface area contributed by atoms with E-state index in [0.29, 0.717) is 30.2 Å². The van der Waals surface area contributed by atoms with Crippen molar-refractivity contribution in [3.63, 3.8) is 0 Å². The van der Waals surface area contributed by atoms with Crippen molar-refractivity contribution in [2.45, 2.75) is 38.6 Å². The molecule has 1 aliphatic carbocycles. The van der Waals surface area contributed by atoms with Crippen molar-refractivity contribution >= 4 is 33.3 Å². The van der Waals surface area contributed by atoms with Crippen LogP contribution in [0.4, 0.5) is 4.39 Å². The van der Waals surface area contributed by atoms with E-state index in [-0.39, 0.29) is 29.8 Å². The lowest BCUT2D eigenvalue weighted by atomic mass is 10.0. The van der Waals surface area contributed by atoms with Crippen LogP contribution < -0.4 is 4.74 Å². The van der Waals surface area contributed by atoms with Crippen LogP contribution in [0.1, 0.15) is 36.8 Å². The van der Waals surface area contributed by atoms with Crippen LogP contribution in [0, 0.1) is 17.7 Å². The molecule has 9 heteroatoms. The highest BCUT2D eigenvalue weighted by Crippen LogP contribution is 2.39. The smallest absolute Gasteiger partial charge is 0.310 e. The van der Waals surface area contributed by atoms with Gasteiger partial charge in [-0.25, -0.2) is 4.39 Å². The Hall–Kier alpha value is -3.69. The van der Waals surface area contributed by atoms with Gasteiger partial charge in [0.15, 0.2) is 11.6 Å². The van der Waals surface area contributed by atoms with Crippen LogP contribution in [0.2, 0.25) is 0 Å². The maximum atomic E-state index is 14.9. The Balaban J connectivity index is 1.14. The van der Waals surface area contributed by atoms with E-state index >= 15 is 0 Å². The number of likely N-dealkylation sites (tertiary alicyclic amines) is 1. The van der Waals surface area contributed by atoms with Gasteiger partial charge < -0.3 is 9.47 Å². The first-order valence-electron chi connectivity index (χ1n) is 13.6. The number of rotatable bonds is 10. The molecule has 4 aromatic rings. The maximum Gasteiger partial charge on any atom is 0.310 e. The fourth-order valence-electron chi connectivity index (χ4n) is 5.18. The molecule has 1 aromatic carbocycles. The summed E-state index contributed by atoms with van der Waals surface area (Å²) in [5.74, 6) is 0.604. The number of benzene rings is 1. The number of carbonyl (C=O) groups excluding carboxylic acids is 2. The van der Waals surface area contributed by atoms with Crippen LogP contribution >= 0.6 is 11.3 Å². The molecule has 7 nitrogen and oxygen atoms in total. The highest BCUT2D eigenvalue weighted by molar-refractivity contribution is 7.22. The molecule has 1 saturated carbocycles. The molecular weight excluding hydrogens is 529 g/mol. The number of esters is 1. The number of pyridine rings is 2. The number of hydrogen-bond acceptors (Lipinski definition) is 8. The summed E-state index contributed by atoms with van der Waals surface area (Å²) >= 11 is 1.49. The van der Waals surface area contributed by atoms with E-state index in [0.717, 1.165) is 58.7 Å². The second-order valence-electron chi connectivity index (χ2n) is 10.7. The largest absolute Gasteiger partial charge is 0.469 e. The third-order valence-corrected chi connectivity index (χ3v) is 8.66. The third-order valence-electron chi connectivity index (χ3n) is 7.50. The first kappa shape index (κ1) is 26.5. The molecule has 40 heavy (non-hydrogen) atoms. The van der Waals surface area contributed by atoms with Crippen LogP contribution in [0.3, 0.4) is 0 Å². The van der Waals surface area contributed by atoms with Gasteiger partial charge in [0, 0.05) is 44.4 Å². The summed E-state index contributed by atoms with van der Waals surface area (Å²) in [6.07, 6.45) is 7.40. The summed E-state index contributed by atoms with van der Waals surface area (Å²) in [4.78, 5) is 36.3. The van der Waals surface area contributed by atoms with Gasteiger partial charge in [0.1, 0.15) is 11.5 Å². The van der Waals surface area contributed by atoms with Crippen molar-refractivity contribution in [1.29, 1.82) is 0 Å². The molecule has 0 amide bonds. The van der Waals surface area contributed by atoms with E-state index in [1.165, 1.54) is 24.5 Å². The molecular formula is C31H30FN3O4S. The van der Waals surface area contributed by atoms with Gasteiger partial charge in [-0.1, -0.05) is 12.1 Å². The Kier molecular flexibility index (Phi) is 7.58. The van der Waals surface area contributed by atoms with Gasteiger partial charge in [0.25, 0.3) is 0 Å². The Morgan fingerprint density at radius 1 is 1.05 bits per heavy atom. The standard InChI is InChI=1S/C31H30FN3O4S/c1-38-31(37)22-9-11-35(18-22)17-21-4-6-25(34-16-21)29-15-26-30(40-29)28(8-10-33-26)39-27-7-5-20(14-24(27)32)13-23(36)12-19-2-3-19/h4-8,10,14-16,19,22H,2-3,9,11-13,17-18H2,1H3. The summed E-state index contributed by atoms with van der Waals surface area (Å²) in [5, 5.41) is 0. The number of hydrogen-bond donors (Lipinski definition) is 0. The highest BCUT2D eigenvalue weighted by atomic mass is 32.1. The Morgan fingerprint density at radius 3 is 2.65 bits per heavy atom. The molecule has 6 rings (SSSR count). The zero-order valence-corrected chi connectivity index (χ0v) is 23.1. The number of halogens is 1. The maximum absolute atomic E-state index is 14.9. The van der Waals surface area contributed by atoms with Crippen molar-refractivity contribution in [3.8, 4) is 22.1 Å². The number of nitrogens with zero attached hydrogens (tertiary/aromatic N) is 3. The average molecular weight is 560 g/mol. The van der Waals surface area contributed by atoms with Crippen molar-refractivity contribution in [2.24, 2.45) is 11.8 Å². The molecule has 2 fully saturated rings. The van der Waals surface area contributed by atoms with Gasteiger partial charge in [0.05, 0.1) is 33.8 Å². The SMILES string of the molecule is COC(=O)C1CCN(Cc2ccc(-c3cc4nccc(Oc5ccc(CC(=O)CC6CC6)cc5F)c4s3)nc2)C1. The van der Waals surface area contributed by atoms with Crippen LogP contribution in [0.5, 0.6) is 11.5 Å². The van der Waals surface area contributed by atoms with Gasteiger partial charge in [0.2, 0.25) is 0 Å². The van der Waals surface area contributed by atoms with Crippen LogP contribution in [-0.2, 0) is 27.3 Å². The summed E-state index contributed by atoms with van der Waals surface area (Å²) in [6, 6.07) is 12.5. The van der Waals surface area contributed by atoms with E-state index in [9.17, 15) is 14.0 Å². The molecule has 0 bridgehead atoms. The van der Waals surface area contributed by atoms with E-state index in [1.54, 1.807) is 24.4 Å². The van der Waals surface area contributed by atoms with Crippen molar-refractivity contribution in [2.75, 3.05) is 20.2 Å². The molecule has 3 aromatic heterocycles. The number of methoxy groups -OCH3 is 1. The zero-order valence-electron chi connectivity index (χ0n) is 22.3. The third kappa shape index (κ3) is 6.05. The predicted molar refractivity (Wildman–Crippen MR) is 151 cm³/mol. The predicted octanol–water partition coefficient (Wildman–Crippen LogP) is 6.20. The Morgan fingerprint density at radius 2 is 1.90 bits per heavy atom. The minimum atomic E-state index is -0.494. The molecule has 2 aliphatic rings. The monoisotopic (exact) mass is 559 g/mol. The molecule has 0 radical (unpaired) electrons. The second kappa shape index (κ2) is 11.4. The first-order chi connectivity index (χ1) is 19.4. The van der Waals surface area contributed by atoms with Crippen molar-refractivity contribution in [1.82, 2.24) is 14.9 Å². The number of aromatic nitrogens is 2. The van der Waals surface area contributed by atoms with E-state index in [4.69, 9.17) is 9.47 Å². The lowest BCUT2D eigenvalue weighted by Crippen LogP contribution is -2.23. The van der Waals surface area contributed by atoms with Crippen molar-refractivity contribution in [3.05, 3.63) is 71.8 Å². The lowest BCUT2D eigenvalue weighted by molar-refractivity contribution is -0.145. The van der Waals surface area contributed by atoms with E-state index in [1.807, 2.05) is 18.3 Å². The molecule has 1 atom stereocenters. The van der Waals surface area contributed by atoms with Gasteiger partial charge in [-0.2, -0.15) is 0 Å². The van der Waals surface area contributed by atoms with Gasteiger partial charge in [-0.3, -0.25) is 24.5 Å². The van der Waals surface area contributed by atoms with Crippen LogP contribution in [-0.4, -0.2) is 46.8 Å². The summed E-state index contributed by atoms with van der Waals surface area (Å²) in [6.45, 7) is 2.28. The number of ether oxygens (including phenoxy) is 2. The summed E-state index contributed by atoms with van der Waals surface area (Å²) < 4.78 is 26.6. The molecule has 4 heterocycles. The number of ketones is 1. The molecule has 1 aliphatic heterocycles. The average Bonchev–Trinajstić information content (AvgIpc) is 3.45. The van der Waals surface area contributed by atoms with Gasteiger partial charge in [-0.05, 0) is 67.1 Å². The number of Topliss-reactive ketones (excluding diaryl/α,β-unsaturated/α-hetero) is 1. The second-order valence-corrected chi connectivity index (χ2v) is 11.7. The van der Waals surface area contributed by atoms with Crippen LogP contribution in [0.15, 0.2) is 54.9 Å². The van der Waals surface area contributed by atoms with Crippen LogP contribution in [0.25, 0.3) is 20.8 Å². The fourth-order valence-corrected chi connectivity index (χ4v) is 6.22. The Bertz CT molecular complexity index is 1550. The number of thiophene rings is 1. The van der Waals surface area contributed by atoms with E-state index < -0.39 is 5.82 Å². The number of carbonyl (C=O) groups is 2.